The third-order valence-corrected chi connectivity index (χ3v) is 4.06. The lowest BCUT2D eigenvalue weighted by molar-refractivity contribution is 0.0965. The van der Waals surface area contributed by atoms with Gasteiger partial charge in [-0.15, -0.1) is 0 Å². The first-order valence-corrected chi connectivity index (χ1v) is 7.39. The molecule has 3 N–H and O–H groups in total. The highest BCUT2D eigenvalue weighted by molar-refractivity contribution is 6.30. The summed E-state index contributed by atoms with van der Waals surface area (Å²) < 4.78 is 0. The number of fused-ring (bicyclic) bond motifs is 1. The molecule has 2 heterocycles. The van der Waals surface area contributed by atoms with Crippen molar-refractivity contribution in [2.75, 3.05) is 0 Å². The zero-order valence-corrected chi connectivity index (χ0v) is 12.5. The minimum absolute atomic E-state index is 0.0120. The maximum atomic E-state index is 11.6. The van der Waals surface area contributed by atoms with Crippen molar-refractivity contribution in [3.05, 3.63) is 51.3 Å². The number of H-pyrrole nitrogens is 1. The van der Waals surface area contributed by atoms with Crippen molar-refractivity contribution in [1.82, 2.24) is 20.8 Å². The second kappa shape index (κ2) is 5.87. The first kappa shape index (κ1) is 14.1. The van der Waals surface area contributed by atoms with E-state index in [2.05, 4.69) is 27.8 Å². The molecule has 0 radical (unpaired) electrons. The normalized spacial score (nSPS) is 13.3. The molecule has 1 aliphatic rings. The molecule has 1 aliphatic heterocycles. The molecule has 0 aliphatic carbocycles. The van der Waals surface area contributed by atoms with Crippen LogP contribution < -0.4 is 10.6 Å². The lowest BCUT2D eigenvalue weighted by Crippen LogP contribution is -2.15. The van der Waals surface area contributed by atoms with Crippen LogP contribution >= 0.6 is 11.6 Å². The van der Waals surface area contributed by atoms with Gasteiger partial charge in [0.05, 0.1) is 0 Å². The first-order valence-electron chi connectivity index (χ1n) is 7.01. The minimum atomic E-state index is 0.0120. The van der Waals surface area contributed by atoms with E-state index in [1.807, 2.05) is 18.2 Å². The highest BCUT2D eigenvalue weighted by Gasteiger charge is 2.18. The summed E-state index contributed by atoms with van der Waals surface area (Å²) in [6, 6.07) is 6.00. The van der Waals surface area contributed by atoms with E-state index in [-0.39, 0.29) is 5.91 Å². The van der Waals surface area contributed by atoms with Crippen LogP contribution in [0.4, 0.5) is 0 Å². The minimum Gasteiger partial charge on any atom is -0.348 e. The number of nitrogens with zero attached hydrogens (tertiary/aromatic N) is 1. The number of carbonyl (C=O) groups is 1. The van der Waals surface area contributed by atoms with Crippen LogP contribution in [0.15, 0.2) is 18.2 Å². The molecule has 0 fully saturated rings. The van der Waals surface area contributed by atoms with Gasteiger partial charge >= 0.3 is 0 Å². The van der Waals surface area contributed by atoms with Crippen molar-refractivity contribution in [2.45, 2.75) is 33.0 Å². The number of hydrogen-bond donors (Lipinski definition) is 3. The molecule has 1 aromatic heterocycles. The highest BCUT2D eigenvalue weighted by Crippen LogP contribution is 2.19. The molecule has 5 nitrogen and oxygen atoms in total. The van der Waals surface area contributed by atoms with Gasteiger partial charge in [-0.3, -0.25) is 9.89 Å². The fourth-order valence-electron chi connectivity index (χ4n) is 2.55. The Morgan fingerprint density at radius 1 is 1.38 bits per heavy atom. The summed E-state index contributed by atoms with van der Waals surface area (Å²) >= 11 is 6.07. The van der Waals surface area contributed by atoms with Crippen molar-refractivity contribution in [3.8, 4) is 0 Å². The standard InChI is InChI=1S/C15H17ClN4O/c1-2-13-12(14(16)20-19-13)8-17-6-9-3-4-10-7-18-15(21)11(10)5-9/h3-5,17H,2,6-8H2,1H3,(H,18,21)(H,19,20). The SMILES string of the molecule is CCc1[nH]nc(Cl)c1CNCc1ccc2c(c1)C(=O)NC2. The largest absolute Gasteiger partial charge is 0.348 e. The third kappa shape index (κ3) is 2.80. The molecule has 2 aromatic rings. The number of carbonyl (C=O) groups excluding carboxylic acids is 1. The van der Waals surface area contributed by atoms with Gasteiger partial charge in [-0.05, 0) is 23.6 Å². The quantitative estimate of drug-likeness (QED) is 0.793. The van der Waals surface area contributed by atoms with Crippen molar-refractivity contribution >= 4 is 17.5 Å². The Labute approximate surface area is 128 Å². The zero-order chi connectivity index (χ0) is 14.8. The second-order valence-corrected chi connectivity index (χ2v) is 5.46. The van der Waals surface area contributed by atoms with Crippen LogP contribution in [0.5, 0.6) is 0 Å². The number of halogens is 1. The summed E-state index contributed by atoms with van der Waals surface area (Å²) in [7, 11) is 0. The Bertz CT molecular complexity index is 680. The predicted octanol–water partition coefficient (Wildman–Crippen LogP) is 2.16. The van der Waals surface area contributed by atoms with Crippen molar-refractivity contribution in [3.63, 3.8) is 0 Å². The molecule has 1 amide bonds. The van der Waals surface area contributed by atoms with E-state index < -0.39 is 0 Å². The molecule has 0 saturated carbocycles. The van der Waals surface area contributed by atoms with Crippen LogP contribution in [-0.4, -0.2) is 16.1 Å². The van der Waals surface area contributed by atoms with Crippen LogP contribution in [0, 0.1) is 0 Å². The molecule has 110 valence electrons. The molecule has 21 heavy (non-hydrogen) atoms. The van der Waals surface area contributed by atoms with Gasteiger partial charge < -0.3 is 10.6 Å². The van der Waals surface area contributed by atoms with E-state index in [4.69, 9.17) is 11.6 Å². The second-order valence-electron chi connectivity index (χ2n) is 5.10. The summed E-state index contributed by atoms with van der Waals surface area (Å²) in [5.74, 6) is 0.0120. The van der Waals surface area contributed by atoms with E-state index in [0.717, 1.165) is 34.4 Å². The van der Waals surface area contributed by atoms with Gasteiger partial charge in [0, 0.05) is 36.5 Å². The molecular weight excluding hydrogens is 288 g/mol. The van der Waals surface area contributed by atoms with Crippen LogP contribution in [-0.2, 0) is 26.1 Å². The number of nitrogens with one attached hydrogen (secondary N) is 3. The van der Waals surface area contributed by atoms with Gasteiger partial charge in [-0.2, -0.15) is 5.10 Å². The maximum Gasteiger partial charge on any atom is 0.251 e. The Morgan fingerprint density at radius 2 is 2.24 bits per heavy atom. The molecule has 0 spiro atoms. The molecule has 6 heteroatoms. The van der Waals surface area contributed by atoms with E-state index in [1.165, 1.54) is 0 Å². The summed E-state index contributed by atoms with van der Waals surface area (Å²) in [5.41, 5.74) is 5.00. The molecule has 0 saturated heterocycles. The fraction of sp³-hybridized carbons (Fsp3) is 0.333. The van der Waals surface area contributed by atoms with Crippen LogP contribution in [0.25, 0.3) is 0 Å². The number of aryl methyl sites for hydroxylation is 1. The molecule has 1 aromatic carbocycles. The number of aromatic nitrogens is 2. The number of benzene rings is 1. The van der Waals surface area contributed by atoms with Gasteiger partial charge in [0.2, 0.25) is 0 Å². The van der Waals surface area contributed by atoms with Crippen LogP contribution in [0.3, 0.4) is 0 Å². The van der Waals surface area contributed by atoms with Crippen LogP contribution in [0.1, 0.15) is 39.7 Å². The predicted molar refractivity (Wildman–Crippen MR) is 81.1 cm³/mol. The Morgan fingerprint density at radius 3 is 3.05 bits per heavy atom. The van der Waals surface area contributed by atoms with Gasteiger partial charge in [0.15, 0.2) is 5.15 Å². The Hall–Kier alpha value is -1.85. The maximum absolute atomic E-state index is 11.6. The van der Waals surface area contributed by atoms with E-state index >= 15 is 0 Å². The van der Waals surface area contributed by atoms with Crippen molar-refractivity contribution in [2.24, 2.45) is 0 Å². The summed E-state index contributed by atoms with van der Waals surface area (Å²) in [4.78, 5) is 11.6. The topological polar surface area (TPSA) is 69.8 Å². The summed E-state index contributed by atoms with van der Waals surface area (Å²) in [6.45, 7) is 4.03. The molecule has 0 bridgehead atoms. The number of aromatic amines is 1. The number of hydrogen-bond acceptors (Lipinski definition) is 3. The van der Waals surface area contributed by atoms with Gasteiger partial charge in [0.25, 0.3) is 5.91 Å². The van der Waals surface area contributed by atoms with Gasteiger partial charge in [-0.25, -0.2) is 0 Å². The molecule has 0 atom stereocenters. The van der Waals surface area contributed by atoms with E-state index in [1.54, 1.807) is 0 Å². The summed E-state index contributed by atoms with van der Waals surface area (Å²) in [6.07, 6.45) is 0.871. The Kier molecular flexibility index (Phi) is 3.94. The monoisotopic (exact) mass is 304 g/mol. The number of amides is 1. The van der Waals surface area contributed by atoms with E-state index in [0.29, 0.717) is 24.8 Å². The zero-order valence-electron chi connectivity index (χ0n) is 11.8. The summed E-state index contributed by atoms with van der Waals surface area (Å²) in [5, 5.41) is 13.6. The smallest absolute Gasteiger partial charge is 0.251 e. The highest BCUT2D eigenvalue weighted by atomic mass is 35.5. The Balaban J connectivity index is 1.65. The first-order chi connectivity index (χ1) is 10.2. The average molecular weight is 305 g/mol. The lowest BCUT2D eigenvalue weighted by atomic mass is 10.1. The van der Waals surface area contributed by atoms with Gasteiger partial charge in [0.1, 0.15) is 0 Å². The lowest BCUT2D eigenvalue weighted by Gasteiger charge is -2.07. The third-order valence-electron chi connectivity index (χ3n) is 3.75. The van der Waals surface area contributed by atoms with Crippen LogP contribution in [0.2, 0.25) is 5.15 Å². The molecule has 3 rings (SSSR count). The van der Waals surface area contributed by atoms with Gasteiger partial charge in [-0.1, -0.05) is 30.7 Å². The molecule has 0 unspecified atom stereocenters. The van der Waals surface area contributed by atoms with E-state index in [9.17, 15) is 4.79 Å². The van der Waals surface area contributed by atoms with Crippen molar-refractivity contribution < 1.29 is 4.79 Å². The number of rotatable bonds is 5. The van der Waals surface area contributed by atoms with Crippen molar-refractivity contribution in [1.29, 1.82) is 0 Å². The molecular formula is C15H17ClN4O. The average Bonchev–Trinajstić information content (AvgIpc) is 3.03. The fourth-order valence-corrected chi connectivity index (χ4v) is 2.77.